The van der Waals surface area contributed by atoms with Gasteiger partial charge in [-0.15, -0.1) is 17.8 Å². The van der Waals surface area contributed by atoms with Gasteiger partial charge in [0.25, 0.3) is 5.88 Å². The maximum absolute atomic E-state index is 16.9. The SMILES string of the molecule is C#Cc1c(F)ccc2cc(O)cc(-c3ncc4c(N5CC6CCC(C5)N6)nc(OCCN5CCC(COc6cc(C(C(=O)N7CCCC7C)C(C)C)on6)CC5)nc4c3F)c12.Cc1ncsc1-c1ccc(C(C)NC=O)cc1. The second-order valence-corrected chi connectivity index (χ2v) is 22.2. The van der Waals surface area contributed by atoms with Crippen LogP contribution in [-0.4, -0.2) is 123 Å². The van der Waals surface area contributed by atoms with Gasteiger partial charge in [-0.25, -0.2) is 13.8 Å². The van der Waals surface area contributed by atoms with Gasteiger partial charge < -0.3 is 39.5 Å². The molecule has 3 N–H and O–H groups in total. The number of thiazole rings is 1. The van der Waals surface area contributed by atoms with Crippen molar-refractivity contribution in [1.82, 2.24) is 45.5 Å². The number of hydrogen-bond acceptors (Lipinski definition) is 15. The van der Waals surface area contributed by atoms with Crippen LogP contribution in [-0.2, 0) is 9.59 Å². The molecule has 78 heavy (non-hydrogen) atoms. The smallest absolute Gasteiger partial charge is 0.319 e. The first-order valence-electron chi connectivity index (χ1n) is 27.0. The van der Waals surface area contributed by atoms with Crippen molar-refractivity contribution in [3.63, 3.8) is 0 Å². The van der Waals surface area contributed by atoms with E-state index in [1.54, 1.807) is 17.4 Å². The molecule has 408 valence electrons. The first-order chi connectivity index (χ1) is 37.8. The summed E-state index contributed by atoms with van der Waals surface area (Å²) in [6.07, 6.45) is 14.0. The molecule has 5 atom stereocenters. The minimum absolute atomic E-state index is 0.0126. The van der Waals surface area contributed by atoms with Crippen molar-refractivity contribution in [2.75, 3.05) is 57.4 Å². The molecule has 19 heteroatoms. The first-order valence-corrected chi connectivity index (χ1v) is 27.9. The molecular weight excluding hydrogens is 1010 g/mol. The van der Waals surface area contributed by atoms with E-state index < -0.39 is 17.6 Å². The third-order valence-electron chi connectivity index (χ3n) is 15.7. The number of likely N-dealkylation sites (tertiary alicyclic amines) is 2. The fraction of sp³-hybridized carbons (Fsp3) is 0.441. The molecular formula is C59H66F2N10O6S. The lowest BCUT2D eigenvalue weighted by Crippen LogP contribution is -2.51. The molecule has 3 aromatic carbocycles. The Morgan fingerprint density at radius 1 is 1.00 bits per heavy atom. The van der Waals surface area contributed by atoms with Crippen molar-refractivity contribution in [3.05, 3.63) is 101 Å². The Bertz CT molecular complexity index is 3310. The number of pyridine rings is 1. The molecule has 2 bridgehead atoms. The van der Waals surface area contributed by atoms with E-state index in [1.807, 2.05) is 50.2 Å². The number of benzene rings is 3. The predicted octanol–water partition coefficient (Wildman–Crippen LogP) is 9.58. The Hall–Kier alpha value is -7.27. The van der Waals surface area contributed by atoms with Gasteiger partial charge in [0.2, 0.25) is 12.3 Å². The average Bonchev–Trinajstić information content (AvgIpc) is 4.34. The number of phenols is 1. The van der Waals surface area contributed by atoms with Crippen LogP contribution in [0.2, 0.25) is 0 Å². The number of piperazine rings is 1. The zero-order chi connectivity index (χ0) is 54.6. The molecule has 5 unspecified atom stereocenters. The number of anilines is 1. The van der Waals surface area contributed by atoms with E-state index in [2.05, 4.69) is 65.5 Å². The highest BCUT2D eigenvalue weighted by atomic mass is 32.1. The quantitative estimate of drug-likeness (QED) is 0.0614. The van der Waals surface area contributed by atoms with Crippen LogP contribution in [0.3, 0.4) is 0 Å². The Balaban J connectivity index is 0.000000344. The number of aryl methyl sites for hydroxylation is 1. The van der Waals surface area contributed by atoms with Gasteiger partial charge in [0, 0.05) is 67.5 Å². The number of ether oxygens (including phenoxy) is 2. The first kappa shape index (κ1) is 54.1. The third kappa shape index (κ3) is 11.6. The number of fused-ring (bicyclic) bond motifs is 4. The largest absolute Gasteiger partial charge is 0.508 e. The molecule has 4 aromatic heterocycles. The van der Waals surface area contributed by atoms with E-state index in [0.29, 0.717) is 72.5 Å². The van der Waals surface area contributed by atoms with Crippen LogP contribution >= 0.6 is 11.3 Å². The summed E-state index contributed by atoms with van der Waals surface area (Å²) in [5.41, 5.74) is 5.19. The van der Waals surface area contributed by atoms with Crippen molar-refractivity contribution < 1.29 is 37.5 Å². The lowest BCUT2D eigenvalue weighted by Gasteiger charge is -2.34. The van der Waals surface area contributed by atoms with Crippen LogP contribution in [0.1, 0.15) is 101 Å². The van der Waals surface area contributed by atoms with Crippen molar-refractivity contribution in [1.29, 1.82) is 0 Å². The van der Waals surface area contributed by atoms with Crippen LogP contribution in [0, 0.1) is 42.7 Å². The number of amides is 2. The lowest BCUT2D eigenvalue weighted by molar-refractivity contribution is -0.135. The Labute approximate surface area is 456 Å². The van der Waals surface area contributed by atoms with Crippen LogP contribution in [0.5, 0.6) is 17.6 Å². The molecule has 16 nitrogen and oxygen atoms in total. The normalized spacial score (nSPS) is 19.4. The third-order valence-corrected chi connectivity index (χ3v) is 16.7. The molecule has 0 radical (unpaired) electrons. The highest BCUT2D eigenvalue weighted by molar-refractivity contribution is 7.13. The maximum atomic E-state index is 16.9. The van der Waals surface area contributed by atoms with Crippen LogP contribution in [0.15, 0.2) is 70.8 Å². The summed E-state index contributed by atoms with van der Waals surface area (Å²) < 4.78 is 49.8. The minimum Gasteiger partial charge on any atom is -0.508 e. The van der Waals surface area contributed by atoms with E-state index in [4.69, 9.17) is 25.4 Å². The zero-order valence-corrected chi connectivity index (χ0v) is 45.5. The van der Waals surface area contributed by atoms with Crippen LogP contribution in [0.25, 0.3) is 43.4 Å². The van der Waals surface area contributed by atoms with Crippen molar-refractivity contribution in [2.45, 2.75) is 103 Å². The van der Waals surface area contributed by atoms with Gasteiger partial charge in [-0.3, -0.25) is 19.5 Å². The Kier molecular flexibility index (Phi) is 16.5. The standard InChI is InChI=1S/C46H52F2N8O5.C13H14N2OS/c1-5-33-36(47)11-8-29-19-32(57)20-34(40(29)33)42-41(48)43-35(22-49-42)44(55-23-30-9-10-31(24-55)50-30)52-46(51-43)59-18-17-54-15-12-28(13-16-54)25-60-38-21-37(61-53-38)39(26(2)3)45(58)56-14-6-7-27(56)4;1-9(14-7-16)11-3-5-12(6-4-11)13-10(2)15-8-17-13/h1,8,11,19-22,26-28,30-31,39,50,57H,6-7,9-10,12-18,23-25H2,2-4H3;3-9H,1-2H3,(H,14,16). The van der Waals surface area contributed by atoms with Crippen molar-refractivity contribution in [3.8, 4) is 51.7 Å². The number of aromatic nitrogens is 5. The molecule has 2 amide bonds. The van der Waals surface area contributed by atoms with Gasteiger partial charge in [0.15, 0.2) is 11.6 Å². The second kappa shape index (κ2) is 23.8. The number of carbonyl (C=O) groups is 2. The summed E-state index contributed by atoms with van der Waals surface area (Å²) in [5.74, 6) is 2.45. The summed E-state index contributed by atoms with van der Waals surface area (Å²) in [6.45, 7) is 15.4. The molecule has 4 aliphatic heterocycles. The number of halogens is 2. The topological polar surface area (TPSA) is 184 Å². The number of aromatic hydroxyl groups is 1. The molecule has 4 aliphatic rings. The van der Waals surface area contributed by atoms with E-state index in [9.17, 15) is 19.1 Å². The molecule has 0 saturated carbocycles. The Morgan fingerprint density at radius 2 is 1.77 bits per heavy atom. The molecule has 8 heterocycles. The zero-order valence-electron chi connectivity index (χ0n) is 44.7. The molecule has 11 rings (SSSR count). The van der Waals surface area contributed by atoms with Gasteiger partial charge in [-0.1, -0.05) is 50.1 Å². The van der Waals surface area contributed by atoms with Crippen molar-refractivity contribution >= 4 is 51.1 Å². The van der Waals surface area contributed by atoms with Crippen LogP contribution < -0.4 is 25.0 Å². The van der Waals surface area contributed by atoms with E-state index >= 15 is 4.39 Å². The average molecular weight is 1080 g/mol. The van der Waals surface area contributed by atoms with Gasteiger partial charge in [-0.2, -0.15) is 9.97 Å². The second-order valence-electron chi connectivity index (χ2n) is 21.4. The van der Waals surface area contributed by atoms with Gasteiger partial charge in [0.1, 0.15) is 41.1 Å². The number of terminal acetylenes is 1. The molecule has 0 spiro atoms. The minimum atomic E-state index is -0.751. The van der Waals surface area contributed by atoms with Gasteiger partial charge >= 0.3 is 6.01 Å². The summed E-state index contributed by atoms with van der Waals surface area (Å²) in [6, 6.07) is 16.4. The summed E-state index contributed by atoms with van der Waals surface area (Å²) in [5, 5.41) is 22.3. The number of nitrogens with one attached hydrogen (secondary N) is 2. The maximum Gasteiger partial charge on any atom is 0.319 e. The van der Waals surface area contributed by atoms with E-state index in [-0.39, 0.29) is 70.0 Å². The molecule has 4 fully saturated rings. The predicted molar refractivity (Wildman–Crippen MR) is 296 cm³/mol. The fourth-order valence-electron chi connectivity index (χ4n) is 11.4. The number of hydrogen-bond donors (Lipinski definition) is 3. The number of phenolic OH excluding ortho intramolecular Hbond substituents is 1. The molecule has 0 aliphatic carbocycles. The van der Waals surface area contributed by atoms with Crippen LogP contribution in [0.4, 0.5) is 14.6 Å². The Morgan fingerprint density at radius 3 is 2.45 bits per heavy atom. The van der Waals surface area contributed by atoms with E-state index in [1.165, 1.54) is 40.9 Å². The van der Waals surface area contributed by atoms with Crippen molar-refractivity contribution in [2.24, 2.45) is 11.8 Å². The monoisotopic (exact) mass is 1080 g/mol. The van der Waals surface area contributed by atoms with E-state index in [0.717, 1.165) is 75.8 Å². The number of rotatable bonds is 16. The number of nitrogens with zero attached hydrogens (tertiary/aromatic N) is 8. The number of carbonyl (C=O) groups excluding carboxylic acids is 2. The highest BCUT2D eigenvalue weighted by Gasteiger charge is 2.37. The molecule has 7 aromatic rings. The summed E-state index contributed by atoms with van der Waals surface area (Å²) in [4.78, 5) is 49.6. The number of piperidine rings is 1. The summed E-state index contributed by atoms with van der Waals surface area (Å²) in [7, 11) is 0. The van der Waals surface area contributed by atoms with Gasteiger partial charge in [-0.05, 0) is 124 Å². The van der Waals surface area contributed by atoms with Gasteiger partial charge in [0.05, 0.1) is 39.7 Å². The highest BCUT2D eigenvalue weighted by Crippen LogP contribution is 2.40. The summed E-state index contributed by atoms with van der Waals surface area (Å²) >= 11 is 1.64. The fourth-order valence-corrected chi connectivity index (χ4v) is 12.3. The lowest BCUT2D eigenvalue weighted by atomic mass is 9.91. The molecule has 4 saturated heterocycles.